The molecule has 2 nitrogen and oxygen atoms in total. The van der Waals surface area contributed by atoms with E-state index in [4.69, 9.17) is 4.74 Å². The number of hydrogen-bond acceptors (Lipinski definition) is 2. The van der Waals surface area contributed by atoms with Crippen LogP contribution in [0, 0.1) is 12.7 Å². The third-order valence-corrected chi connectivity index (χ3v) is 2.16. The number of carbonyl (C=O) groups is 1. The molecule has 0 spiro atoms. The van der Waals surface area contributed by atoms with Crippen molar-refractivity contribution in [3.63, 3.8) is 0 Å². The Morgan fingerprint density at radius 1 is 1.50 bits per heavy atom. The summed E-state index contributed by atoms with van der Waals surface area (Å²) in [6.45, 7) is 1.88. The summed E-state index contributed by atoms with van der Waals surface area (Å²) in [6, 6.07) is 3.07. The number of carbonyl (C=O) groups excluding carboxylic acids is 1. The fourth-order valence-corrected chi connectivity index (χ4v) is 1.43. The second-order valence-corrected chi connectivity index (χ2v) is 3.08. The van der Waals surface area contributed by atoms with Gasteiger partial charge in [-0.3, -0.25) is 0 Å². The van der Waals surface area contributed by atoms with E-state index in [1.807, 2.05) is 6.92 Å². The van der Waals surface area contributed by atoms with E-state index in [1.165, 1.54) is 13.2 Å². The Bertz CT molecular complexity index is 334. The molecular formula is C11H13FO2. The first-order chi connectivity index (χ1) is 6.70. The zero-order chi connectivity index (χ0) is 10.6. The van der Waals surface area contributed by atoms with Crippen LogP contribution in [0.1, 0.15) is 17.5 Å². The van der Waals surface area contributed by atoms with Gasteiger partial charge < -0.3 is 9.53 Å². The second-order valence-electron chi connectivity index (χ2n) is 3.08. The summed E-state index contributed by atoms with van der Waals surface area (Å²) in [5.41, 5.74) is 1.73. The summed E-state index contributed by atoms with van der Waals surface area (Å²) in [5.74, 6) is -0.120. The van der Waals surface area contributed by atoms with Crippen molar-refractivity contribution in [3.05, 3.63) is 29.1 Å². The average molecular weight is 196 g/mol. The van der Waals surface area contributed by atoms with E-state index < -0.39 is 0 Å². The number of aryl methyl sites for hydroxylation is 1. The highest BCUT2D eigenvalue weighted by atomic mass is 19.1. The minimum atomic E-state index is -0.376. The molecule has 0 saturated carbocycles. The third kappa shape index (κ3) is 2.10. The smallest absolute Gasteiger partial charge is 0.165 e. The fourth-order valence-electron chi connectivity index (χ4n) is 1.43. The molecule has 0 fully saturated rings. The lowest BCUT2D eigenvalue weighted by molar-refractivity contribution is -0.107. The molecule has 0 unspecified atom stereocenters. The molecule has 14 heavy (non-hydrogen) atoms. The number of hydrogen-bond donors (Lipinski definition) is 0. The van der Waals surface area contributed by atoms with Crippen molar-refractivity contribution in [1.29, 1.82) is 0 Å². The fraction of sp³-hybridized carbons (Fsp3) is 0.364. The molecule has 1 aromatic rings. The van der Waals surface area contributed by atoms with Crippen molar-refractivity contribution in [2.24, 2.45) is 0 Å². The SMILES string of the molecule is COc1c(F)ccc(C)c1CCC=O. The number of ether oxygens (including phenoxy) is 1. The van der Waals surface area contributed by atoms with Gasteiger partial charge in [0, 0.05) is 12.0 Å². The molecule has 76 valence electrons. The molecule has 0 heterocycles. The lowest BCUT2D eigenvalue weighted by atomic mass is 10.0. The van der Waals surface area contributed by atoms with E-state index in [0.29, 0.717) is 12.8 Å². The van der Waals surface area contributed by atoms with Gasteiger partial charge in [0.1, 0.15) is 6.29 Å². The predicted octanol–water partition coefficient (Wildman–Crippen LogP) is 2.27. The quantitative estimate of drug-likeness (QED) is 0.690. The van der Waals surface area contributed by atoms with Crippen LogP contribution in [-0.2, 0) is 11.2 Å². The zero-order valence-electron chi connectivity index (χ0n) is 8.34. The summed E-state index contributed by atoms with van der Waals surface area (Å²) in [6.07, 6.45) is 1.74. The molecule has 3 heteroatoms. The highest BCUT2D eigenvalue weighted by molar-refractivity contribution is 5.52. The lowest BCUT2D eigenvalue weighted by Gasteiger charge is -2.10. The van der Waals surface area contributed by atoms with Gasteiger partial charge in [0.25, 0.3) is 0 Å². The molecule has 0 aliphatic heterocycles. The normalized spacial score (nSPS) is 9.93. The van der Waals surface area contributed by atoms with Gasteiger partial charge in [0.05, 0.1) is 7.11 Å². The van der Waals surface area contributed by atoms with E-state index in [2.05, 4.69) is 0 Å². The van der Waals surface area contributed by atoms with Gasteiger partial charge in [-0.2, -0.15) is 0 Å². The van der Waals surface area contributed by atoms with Gasteiger partial charge in [0.15, 0.2) is 11.6 Å². The highest BCUT2D eigenvalue weighted by Crippen LogP contribution is 2.26. The maximum absolute atomic E-state index is 13.2. The zero-order valence-corrected chi connectivity index (χ0v) is 8.34. The Morgan fingerprint density at radius 3 is 2.79 bits per heavy atom. The molecular weight excluding hydrogens is 183 g/mol. The number of methoxy groups -OCH3 is 1. The molecule has 0 bridgehead atoms. The molecule has 0 aliphatic rings. The van der Waals surface area contributed by atoms with Crippen LogP contribution in [0.4, 0.5) is 4.39 Å². The molecule has 0 aliphatic carbocycles. The van der Waals surface area contributed by atoms with Crippen molar-refractivity contribution in [2.45, 2.75) is 19.8 Å². The van der Waals surface area contributed by atoms with E-state index >= 15 is 0 Å². The van der Waals surface area contributed by atoms with Crippen LogP contribution in [-0.4, -0.2) is 13.4 Å². The first kappa shape index (κ1) is 10.7. The standard InChI is InChI=1S/C11H13FO2/c1-8-5-6-10(12)11(14-2)9(8)4-3-7-13/h5-7H,3-4H2,1-2H3. The monoisotopic (exact) mass is 196 g/mol. The number of benzene rings is 1. The molecule has 1 rings (SSSR count). The topological polar surface area (TPSA) is 26.3 Å². The van der Waals surface area contributed by atoms with Gasteiger partial charge in [-0.05, 0) is 25.0 Å². The van der Waals surface area contributed by atoms with Crippen LogP contribution < -0.4 is 4.74 Å². The first-order valence-corrected chi connectivity index (χ1v) is 4.46. The van der Waals surface area contributed by atoms with E-state index in [9.17, 15) is 9.18 Å². The molecule has 0 aromatic heterocycles. The molecule has 0 radical (unpaired) electrons. The minimum Gasteiger partial charge on any atom is -0.493 e. The molecule has 0 amide bonds. The van der Waals surface area contributed by atoms with Crippen LogP contribution in [0.5, 0.6) is 5.75 Å². The Morgan fingerprint density at radius 2 is 2.21 bits per heavy atom. The van der Waals surface area contributed by atoms with Gasteiger partial charge in [-0.1, -0.05) is 6.07 Å². The summed E-state index contributed by atoms with van der Waals surface area (Å²) >= 11 is 0. The van der Waals surface area contributed by atoms with Crippen LogP contribution in [0.15, 0.2) is 12.1 Å². The second kappa shape index (κ2) is 4.74. The Balaban J connectivity index is 3.08. The van der Waals surface area contributed by atoms with E-state index in [0.717, 1.165) is 17.4 Å². The van der Waals surface area contributed by atoms with E-state index in [-0.39, 0.29) is 11.6 Å². The van der Waals surface area contributed by atoms with Crippen LogP contribution in [0.2, 0.25) is 0 Å². The number of halogens is 1. The number of rotatable bonds is 4. The van der Waals surface area contributed by atoms with Crippen LogP contribution >= 0.6 is 0 Å². The minimum absolute atomic E-state index is 0.256. The third-order valence-electron chi connectivity index (χ3n) is 2.16. The summed E-state index contributed by atoms with van der Waals surface area (Å²) in [4.78, 5) is 10.2. The average Bonchev–Trinajstić information content (AvgIpc) is 2.19. The highest BCUT2D eigenvalue weighted by Gasteiger charge is 2.11. The molecule has 0 N–H and O–H groups in total. The Hall–Kier alpha value is -1.38. The van der Waals surface area contributed by atoms with Crippen LogP contribution in [0.3, 0.4) is 0 Å². The van der Waals surface area contributed by atoms with Crippen LogP contribution in [0.25, 0.3) is 0 Å². The summed E-state index contributed by atoms with van der Waals surface area (Å²) < 4.78 is 18.2. The van der Waals surface area contributed by atoms with Gasteiger partial charge in [-0.15, -0.1) is 0 Å². The molecule has 0 atom stereocenters. The van der Waals surface area contributed by atoms with Crippen molar-refractivity contribution < 1.29 is 13.9 Å². The Labute approximate surface area is 82.7 Å². The summed E-state index contributed by atoms with van der Waals surface area (Å²) in [5, 5.41) is 0. The Kier molecular flexibility index (Phi) is 3.63. The molecule has 0 saturated heterocycles. The van der Waals surface area contributed by atoms with Crippen molar-refractivity contribution >= 4 is 6.29 Å². The predicted molar refractivity (Wildman–Crippen MR) is 52.1 cm³/mol. The van der Waals surface area contributed by atoms with Crippen molar-refractivity contribution in [1.82, 2.24) is 0 Å². The van der Waals surface area contributed by atoms with E-state index in [1.54, 1.807) is 6.07 Å². The van der Waals surface area contributed by atoms with Gasteiger partial charge in [-0.25, -0.2) is 4.39 Å². The number of aldehydes is 1. The van der Waals surface area contributed by atoms with Crippen molar-refractivity contribution in [3.8, 4) is 5.75 Å². The molecule has 1 aromatic carbocycles. The first-order valence-electron chi connectivity index (χ1n) is 4.46. The van der Waals surface area contributed by atoms with Gasteiger partial charge >= 0.3 is 0 Å². The summed E-state index contributed by atoms with van der Waals surface area (Å²) in [7, 11) is 1.43. The largest absolute Gasteiger partial charge is 0.493 e. The lowest BCUT2D eigenvalue weighted by Crippen LogP contribution is -1.99. The van der Waals surface area contributed by atoms with Crippen molar-refractivity contribution in [2.75, 3.05) is 7.11 Å². The van der Waals surface area contributed by atoms with Gasteiger partial charge in [0.2, 0.25) is 0 Å². The maximum atomic E-state index is 13.2. The maximum Gasteiger partial charge on any atom is 0.165 e.